The summed E-state index contributed by atoms with van der Waals surface area (Å²) in [4.78, 5) is 53.7. The van der Waals surface area contributed by atoms with Gasteiger partial charge in [-0.2, -0.15) is 0 Å². The Morgan fingerprint density at radius 3 is 0.689 bits per heavy atom. The summed E-state index contributed by atoms with van der Waals surface area (Å²) in [5, 5.41) is 0. The quantitative estimate of drug-likeness (QED) is 0.180. The molecule has 0 radical (unpaired) electrons. The second-order valence-electron chi connectivity index (χ2n) is 8.97. The van der Waals surface area contributed by atoms with E-state index in [9.17, 15) is 19.2 Å². The van der Waals surface area contributed by atoms with Crippen molar-refractivity contribution in [3.63, 3.8) is 0 Å². The van der Waals surface area contributed by atoms with E-state index in [0.717, 1.165) is 0 Å². The summed E-state index contributed by atoms with van der Waals surface area (Å²) < 4.78 is 43.1. The van der Waals surface area contributed by atoms with Crippen molar-refractivity contribution in [2.45, 2.75) is 0 Å². The molecule has 4 aromatic rings. The number of methoxy groups -OCH3 is 4. The van der Waals surface area contributed by atoms with Gasteiger partial charge in [0.15, 0.2) is 0 Å². The van der Waals surface area contributed by atoms with Gasteiger partial charge in [0.05, 0.1) is 0 Å². The van der Waals surface area contributed by atoms with Crippen molar-refractivity contribution in [1.82, 2.24) is 0 Å². The number of hydrogen-bond donors (Lipinski definition) is 0. The Hall–Kier alpha value is -5.12. The topological polar surface area (TPSA) is 142 Å². The molecule has 4 rings (SSSR count). The molecule has 4 aromatic carbocycles. The van der Waals surface area contributed by atoms with Gasteiger partial charge in [-0.25, -0.2) is 0 Å². The molecule has 0 saturated carbocycles. The van der Waals surface area contributed by atoms with E-state index in [1.165, 1.54) is 126 Å². The van der Waals surface area contributed by atoms with E-state index in [1.54, 1.807) is 0 Å². The van der Waals surface area contributed by atoms with E-state index in [2.05, 4.69) is 0 Å². The molecular weight excluding hydrogens is 784 g/mol. The van der Waals surface area contributed by atoms with Gasteiger partial charge in [0.25, 0.3) is 0 Å². The monoisotopic (exact) mass is 812 g/mol. The van der Waals surface area contributed by atoms with Crippen molar-refractivity contribution in [2.24, 2.45) is 0 Å². The third kappa shape index (κ3) is 8.50. The van der Waals surface area contributed by atoms with Crippen molar-refractivity contribution in [3.8, 4) is 23.0 Å². The molecule has 0 fully saturated rings. The van der Waals surface area contributed by atoms with Crippen LogP contribution in [0.1, 0.15) is 41.4 Å². The normalized spacial score (nSPS) is 10.6. The van der Waals surface area contributed by atoms with Gasteiger partial charge in [-0.05, 0) is 0 Å². The Bertz CT molecular complexity index is 1380. The van der Waals surface area contributed by atoms with E-state index in [-0.39, 0.29) is 22.3 Å². The van der Waals surface area contributed by atoms with Crippen LogP contribution in [0.4, 0.5) is 0 Å². The predicted octanol–water partition coefficient (Wildman–Crippen LogP) is 4.88. The minimum atomic E-state index is -6.62. The van der Waals surface area contributed by atoms with Crippen molar-refractivity contribution < 1.29 is 48.9 Å². The van der Waals surface area contributed by atoms with Crippen LogP contribution >= 0.6 is 0 Å². The number of benzene rings is 4. The standard InChI is InChI=1S/4C8H8O3.Pb/c4*1-11-7-4-2-6(3-5-7)8(9)10;/h4*2-5H,1H3,(H,9,10);/q;;;;+4/p-4. The van der Waals surface area contributed by atoms with E-state index >= 15 is 0 Å². The van der Waals surface area contributed by atoms with Gasteiger partial charge in [-0.1, -0.05) is 0 Å². The maximum absolute atomic E-state index is 13.4. The summed E-state index contributed by atoms with van der Waals surface area (Å²) in [6.07, 6.45) is 0. The number of hydrogen-bond acceptors (Lipinski definition) is 12. The molecule has 0 aliphatic carbocycles. The summed E-state index contributed by atoms with van der Waals surface area (Å²) in [7, 11) is 5.80. The minimum absolute atomic E-state index is 0.0262. The molecule has 0 spiro atoms. The van der Waals surface area contributed by atoms with E-state index < -0.39 is 46.9 Å². The molecule has 0 N–H and O–H groups in total. The van der Waals surface area contributed by atoms with Crippen LogP contribution in [0.25, 0.3) is 0 Å². The Morgan fingerprint density at radius 1 is 0.356 bits per heavy atom. The first-order valence-corrected chi connectivity index (χ1v) is 19.5. The van der Waals surface area contributed by atoms with E-state index in [4.69, 9.17) is 29.7 Å². The van der Waals surface area contributed by atoms with Crippen molar-refractivity contribution in [3.05, 3.63) is 119 Å². The van der Waals surface area contributed by atoms with E-state index in [0.29, 0.717) is 23.0 Å². The first-order chi connectivity index (χ1) is 21.7. The zero-order chi connectivity index (χ0) is 32.4. The molecule has 0 saturated heterocycles. The fraction of sp³-hybridized carbons (Fsp3) is 0.125. The number of rotatable bonds is 12. The van der Waals surface area contributed by atoms with Gasteiger partial charge in [0.1, 0.15) is 0 Å². The Kier molecular flexibility index (Phi) is 11.0. The van der Waals surface area contributed by atoms with E-state index in [1.807, 2.05) is 0 Å². The second kappa shape index (κ2) is 15.1. The van der Waals surface area contributed by atoms with Crippen LogP contribution in [0, 0.1) is 0 Å². The fourth-order valence-corrected chi connectivity index (χ4v) is 10.1. The third-order valence-electron chi connectivity index (χ3n) is 6.17. The first-order valence-electron chi connectivity index (χ1n) is 13.2. The molecule has 12 nitrogen and oxygen atoms in total. The summed E-state index contributed by atoms with van der Waals surface area (Å²) in [6.45, 7) is 0. The molecule has 0 aromatic heterocycles. The van der Waals surface area contributed by atoms with Crippen LogP contribution in [-0.4, -0.2) is 75.3 Å². The molecule has 0 unspecified atom stereocenters. The summed E-state index contributed by atoms with van der Waals surface area (Å²) in [6, 6.07) is 22.9. The average Bonchev–Trinajstić information content (AvgIpc) is 3.08. The number of carbonyl (C=O) groups excluding carboxylic acids is 4. The van der Waals surface area contributed by atoms with Crippen LogP contribution in [0.15, 0.2) is 97.1 Å². The van der Waals surface area contributed by atoms with Gasteiger partial charge in [0.2, 0.25) is 0 Å². The van der Waals surface area contributed by atoms with Gasteiger partial charge in [-0.15, -0.1) is 0 Å². The zero-order valence-corrected chi connectivity index (χ0v) is 28.5. The van der Waals surface area contributed by atoms with Gasteiger partial charge in [-0.3, -0.25) is 0 Å². The van der Waals surface area contributed by atoms with Crippen LogP contribution in [0.5, 0.6) is 23.0 Å². The second-order valence-corrected chi connectivity index (χ2v) is 16.0. The predicted molar refractivity (Wildman–Crippen MR) is 159 cm³/mol. The zero-order valence-electron chi connectivity index (χ0n) is 24.6. The Morgan fingerprint density at radius 2 is 0.533 bits per heavy atom. The average molecular weight is 812 g/mol. The molecule has 232 valence electrons. The molecule has 0 amide bonds. The van der Waals surface area contributed by atoms with Crippen molar-refractivity contribution in [1.29, 1.82) is 0 Å². The maximum atomic E-state index is 13.4. The molecule has 0 bridgehead atoms. The molecule has 13 heteroatoms. The van der Waals surface area contributed by atoms with Crippen molar-refractivity contribution >= 4 is 46.9 Å². The fourth-order valence-electron chi connectivity index (χ4n) is 3.72. The molecule has 0 aliphatic rings. The SMILES string of the molecule is COc1ccc(C(=O)[O][Pb]([O]C(=O)c2ccc(OC)cc2)([O]C(=O)c2ccc(OC)cc2)[O]C(=O)c2ccc(OC)cc2)cc1. The van der Waals surface area contributed by atoms with Crippen LogP contribution in [-0.2, 0) is 10.7 Å². The van der Waals surface area contributed by atoms with Crippen LogP contribution < -0.4 is 18.9 Å². The Balaban J connectivity index is 1.77. The molecular formula is C32H28O12Pb. The molecule has 0 atom stereocenters. The molecule has 0 aliphatic heterocycles. The Labute approximate surface area is 265 Å². The first kappa shape index (κ1) is 32.8. The van der Waals surface area contributed by atoms with Crippen LogP contribution in [0.2, 0.25) is 0 Å². The summed E-state index contributed by atoms with van der Waals surface area (Å²) in [5.41, 5.74) is -0.105. The summed E-state index contributed by atoms with van der Waals surface area (Å²) >= 11 is -6.62. The molecule has 0 heterocycles. The van der Waals surface area contributed by atoms with Crippen LogP contribution in [0.3, 0.4) is 0 Å². The van der Waals surface area contributed by atoms with Gasteiger partial charge in [0, 0.05) is 0 Å². The third-order valence-corrected chi connectivity index (χ3v) is 12.9. The van der Waals surface area contributed by atoms with Crippen molar-refractivity contribution in [2.75, 3.05) is 28.4 Å². The van der Waals surface area contributed by atoms with Gasteiger partial charge < -0.3 is 0 Å². The number of carbonyl (C=O) groups is 4. The van der Waals surface area contributed by atoms with Gasteiger partial charge >= 0.3 is 266 Å². The molecule has 45 heavy (non-hydrogen) atoms. The number of ether oxygens (including phenoxy) is 4. The summed E-state index contributed by atoms with van der Waals surface area (Å²) in [5.74, 6) is -2.51.